The third kappa shape index (κ3) is 44.0. The van der Waals surface area contributed by atoms with Crippen LogP contribution in [0.25, 0.3) is 0 Å². The monoisotopic (exact) mass is 1130 g/mol. The molecule has 1 aliphatic rings. The number of aliphatic hydroxyl groups is 5. The number of amides is 1. The number of allylic oxidation sites excluding steroid dienone is 9. The van der Waals surface area contributed by atoms with E-state index in [2.05, 4.69) is 74.7 Å². The molecule has 8 atom stereocenters. The SMILES string of the molecule is CCCCC/C=C\C/C=C\CCCCCCCCCCCCCCCCCC(=O)OC1C(OCC(NC(=O)C(O)CCCCCCC/C=C/C=C/CCCCC)C(O)/C=C/CCCCCCCCCCCC)OC(CO)C(O)C1O. The molecule has 1 aliphatic heterocycles. The molecule has 0 radical (unpaired) electrons. The molecule has 0 aliphatic carbocycles. The number of unbranched alkanes of at least 4 members (excludes halogenated alkanes) is 36. The molecule has 0 spiro atoms. The van der Waals surface area contributed by atoms with Gasteiger partial charge in [0, 0.05) is 6.42 Å². The lowest BCUT2D eigenvalue weighted by atomic mass is 9.99. The van der Waals surface area contributed by atoms with Gasteiger partial charge >= 0.3 is 5.97 Å². The number of rotatable bonds is 57. The normalized spacial score (nSPS) is 19.1. The van der Waals surface area contributed by atoms with Crippen LogP contribution in [0.15, 0.2) is 60.8 Å². The van der Waals surface area contributed by atoms with E-state index in [4.69, 9.17) is 14.2 Å². The molecule has 11 heteroatoms. The van der Waals surface area contributed by atoms with Crippen molar-refractivity contribution in [1.82, 2.24) is 5.32 Å². The highest BCUT2D eigenvalue weighted by Gasteiger charge is 2.47. The van der Waals surface area contributed by atoms with Crippen LogP contribution in [-0.2, 0) is 23.8 Å². The van der Waals surface area contributed by atoms with Crippen molar-refractivity contribution >= 4 is 11.9 Å². The van der Waals surface area contributed by atoms with Gasteiger partial charge in [0.05, 0.1) is 25.4 Å². The average Bonchev–Trinajstić information content (AvgIpc) is 3.46. The van der Waals surface area contributed by atoms with Crippen molar-refractivity contribution < 1.29 is 49.3 Å². The standard InChI is InChI=1S/C69H125NO10/c1-4-7-10-13-16-19-22-25-27-28-29-30-31-32-33-34-35-36-37-39-42-45-48-51-54-57-64(74)80-67-66(76)65(75)63(58-71)79-69(67)78-59-60(61(72)55-52-49-46-43-40-24-21-18-15-12-9-6-3)70-68(77)62(73)56-53-50-47-44-41-38-26-23-20-17-14-11-8-5-2/h16-17,19-20,23,25-27,52,55,60-63,65-67,69,71-73,75-76H,4-15,18,21-22,24,28-51,53-54,56-59H2,1-3H3,(H,70,77)/b19-16-,20-17+,26-23+,27-25-,55-52+. The van der Waals surface area contributed by atoms with Crippen LogP contribution in [0.4, 0.5) is 0 Å². The fraction of sp³-hybridized carbons (Fsp3) is 0.826. The Kier molecular flexibility index (Phi) is 53.5. The summed E-state index contributed by atoms with van der Waals surface area (Å²) in [6, 6.07) is -1.03. The summed E-state index contributed by atoms with van der Waals surface area (Å²) < 4.78 is 17.7. The van der Waals surface area contributed by atoms with E-state index >= 15 is 0 Å². The van der Waals surface area contributed by atoms with Gasteiger partial charge in [0.2, 0.25) is 5.91 Å². The van der Waals surface area contributed by atoms with Crippen molar-refractivity contribution in [2.75, 3.05) is 13.2 Å². The Hall–Kier alpha value is -2.64. The van der Waals surface area contributed by atoms with Crippen LogP contribution in [0.5, 0.6) is 0 Å². The fourth-order valence-corrected chi connectivity index (χ4v) is 10.3. The maximum absolute atomic E-state index is 13.4. The zero-order valence-electron chi connectivity index (χ0n) is 51.7. The molecule has 0 aromatic carbocycles. The molecule has 1 fully saturated rings. The minimum atomic E-state index is -1.62. The zero-order chi connectivity index (χ0) is 58.2. The van der Waals surface area contributed by atoms with Gasteiger partial charge in [-0.2, -0.15) is 0 Å². The van der Waals surface area contributed by atoms with Crippen LogP contribution in [-0.4, -0.2) is 99.6 Å². The van der Waals surface area contributed by atoms with Gasteiger partial charge in [0.1, 0.15) is 24.4 Å². The number of carbonyl (C=O) groups is 2. The van der Waals surface area contributed by atoms with Crippen molar-refractivity contribution in [2.45, 2.75) is 352 Å². The van der Waals surface area contributed by atoms with Gasteiger partial charge in [-0.15, -0.1) is 0 Å². The van der Waals surface area contributed by atoms with E-state index in [1.165, 1.54) is 173 Å². The van der Waals surface area contributed by atoms with E-state index in [1.54, 1.807) is 6.08 Å². The molecular formula is C69H125NO10. The smallest absolute Gasteiger partial charge is 0.306 e. The first kappa shape index (κ1) is 75.4. The Morgan fingerprint density at radius 3 is 1.38 bits per heavy atom. The third-order valence-electron chi connectivity index (χ3n) is 15.7. The summed E-state index contributed by atoms with van der Waals surface area (Å²) in [5.41, 5.74) is 0. The molecule has 1 amide bonds. The largest absolute Gasteiger partial charge is 0.454 e. The highest BCUT2D eigenvalue weighted by Crippen LogP contribution is 2.26. The number of hydrogen-bond donors (Lipinski definition) is 6. The van der Waals surface area contributed by atoms with Crippen LogP contribution in [0, 0.1) is 0 Å². The van der Waals surface area contributed by atoms with E-state index < -0.39 is 67.4 Å². The minimum Gasteiger partial charge on any atom is -0.454 e. The highest BCUT2D eigenvalue weighted by atomic mass is 16.7. The summed E-state index contributed by atoms with van der Waals surface area (Å²) in [6.45, 7) is 5.75. The maximum Gasteiger partial charge on any atom is 0.306 e. The first-order valence-corrected chi connectivity index (χ1v) is 33.6. The van der Waals surface area contributed by atoms with E-state index in [-0.39, 0.29) is 19.4 Å². The summed E-state index contributed by atoms with van der Waals surface area (Å²) in [4.78, 5) is 26.6. The number of carbonyl (C=O) groups excluding carboxylic acids is 2. The second-order valence-corrected chi connectivity index (χ2v) is 23.2. The first-order chi connectivity index (χ1) is 39.2. The second-order valence-electron chi connectivity index (χ2n) is 23.2. The average molecular weight is 1130 g/mol. The van der Waals surface area contributed by atoms with Crippen LogP contribution in [0.1, 0.15) is 303 Å². The molecule has 0 aromatic heterocycles. The molecular weight excluding hydrogens is 1000 g/mol. The third-order valence-corrected chi connectivity index (χ3v) is 15.7. The van der Waals surface area contributed by atoms with E-state index in [1.807, 2.05) is 6.08 Å². The van der Waals surface area contributed by atoms with Crippen molar-refractivity contribution in [3.05, 3.63) is 60.8 Å². The topological polar surface area (TPSA) is 175 Å². The van der Waals surface area contributed by atoms with Gasteiger partial charge in [-0.1, -0.05) is 274 Å². The molecule has 0 saturated carbocycles. The molecule has 80 heavy (non-hydrogen) atoms. The van der Waals surface area contributed by atoms with Crippen LogP contribution in [0.2, 0.25) is 0 Å². The highest BCUT2D eigenvalue weighted by molar-refractivity contribution is 5.80. The van der Waals surface area contributed by atoms with Gasteiger partial charge in [-0.05, 0) is 83.5 Å². The molecule has 6 N–H and O–H groups in total. The van der Waals surface area contributed by atoms with Gasteiger partial charge in [0.15, 0.2) is 12.4 Å². The lowest BCUT2D eigenvalue weighted by Crippen LogP contribution is -2.61. The summed E-state index contributed by atoms with van der Waals surface area (Å²) >= 11 is 0. The predicted octanol–water partition coefficient (Wildman–Crippen LogP) is 16.6. The van der Waals surface area contributed by atoms with Crippen molar-refractivity contribution in [1.29, 1.82) is 0 Å². The predicted molar refractivity (Wildman–Crippen MR) is 333 cm³/mol. The Bertz CT molecular complexity index is 1530. The van der Waals surface area contributed by atoms with E-state index in [9.17, 15) is 35.1 Å². The minimum absolute atomic E-state index is 0.122. The summed E-state index contributed by atoms with van der Waals surface area (Å²) in [5, 5.41) is 57.0. The van der Waals surface area contributed by atoms with Gasteiger partial charge in [-0.3, -0.25) is 9.59 Å². The van der Waals surface area contributed by atoms with Crippen LogP contribution in [0.3, 0.4) is 0 Å². The van der Waals surface area contributed by atoms with Crippen molar-refractivity contribution in [3.63, 3.8) is 0 Å². The molecule has 1 rings (SSSR count). The second kappa shape index (κ2) is 56.8. The number of hydrogen-bond acceptors (Lipinski definition) is 10. The Morgan fingerprint density at radius 2 is 0.900 bits per heavy atom. The molecule has 0 bridgehead atoms. The molecule has 0 aromatic rings. The summed E-state index contributed by atoms with van der Waals surface area (Å²) in [5.74, 6) is -1.20. The number of aliphatic hydroxyl groups excluding tert-OH is 5. The molecule has 1 heterocycles. The number of ether oxygens (including phenoxy) is 3. The maximum atomic E-state index is 13.4. The van der Waals surface area contributed by atoms with Gasteiger partial charge in [0.25, 0.3) is 0 Å². The fourth-order valence-electron chi connectivity index (χ4n) is 10.3. The molecule has 466 valence electrons. The zero-order valence-corrected chi connectivity index (χ0v) is 51.7. The Morgan fingerprint density at radius 1 is 0.500 bits per heavy atom. The quantitative estimate of drug-likeness (QED) is 0.0149. The Balaban J connectivity index is 2.57. The van der Waals surface area contributed by atoms with Crippen molar-refractivity contribution in [3.8, 4) is 0 Å². The lowest BCUT2D eigenvalue weighted by molar-refractivity contribution is -0.305. The summed E-state index contributed by atoms with van der Waals surface area (Å²) in [7, 11) is 0. The first-order valence-electron chi connectivity index (χ1n) is 33.6. The van der Waals surface area contributed by atoms with Crippen LogP contribution >= 0.6 is 0 Å². The van der Waals surface area contributed by atoms with Crippen molar-refractivity contribution in [2.24, 2.45) is 0 Å². The number of esters is 1. The van der Waals surface area contributed by atoms with E-state index in [0.29, 0.717) is 12.8 Å². The Labute approximate surface area is 490 Å². The summed E-state index contributed by atoms with van der Waals surface area (Å²) in [6.07, 6.45) is 61.2. The van der Waals surface area contributed by atoms with Crippen LogP contribution < -0.4 is 5.32 Å². The van der Waals surface area contributed by atoms with Gasteiger partial charge < -0.3 is 45.1 Å². The molecule has 1 saturated heterocycles. The van der Waals surface area contributed by atoms with E-state index in [0.717, 1.165) is 83.5 Å². The lowest BCUT2D eigenvalue weighted by Gasteiger charge is -2.41. The van der Waals surface area contributed by atoms with Gasteiger partial charge in [-0.25, -0.2) is 0 Å². The number of nitrogens with one attached hydrogen (secondary N) is 1. The molecule has 11 nitrogen and oxygen atoms in total. The molecule has 8 unspecified atom stereocenters.